The molecule has 1 saturated carbocycles. The van der Waals surface area contributed by atoms with Crippen molar-refractivity contribution in [3.8, 4) is 0 Å². The van der Waals surface area contributed by atoms with Crippen LogP contribution in [-0.2, 0) is 16.0 Å². The van der Waals surface area contributed by atoms with Crippen molar-refractivity contribution in [2.24, 2.45) is 5.41 Å². The summed E-state index contributed by atoms with van der Waals surface area (Å²) in [4.78, 5) is 11.6. The van der Waals surface area contributed by atoms with Crippen molar-refractivity contribution in [3.05, 3.63) is 34.9 Å². The quantitative estimate of drug-likeness (QED) is 0.631. The number of hydrogen-bond donors (Lipinski definition) is 1. The van der Waals surface area contributed by atoms with E-state index in [0.29, 0.717) is 0 Å². The number of carbonyl (C=O) groups excluding carboxylic acids is 1. The second-order valence-electron chi connectivity index (χ2n) is 5.62. The largest absolute Gasteiger partial charge is 0.469 e. The summed E-state index contributed by atoms with van der Waals surface area (Å²) in [7, 11) is 1.47. The summed E-state index contributed by atoms with van der Waals surface area (Å²) < 4.78 is 4.84. The highest BCUT2D eigenvalue weighted by Gasteiger charge is 2.50. The Labute approximate surface area is 115 Å². The van der Waals surface area contributed by atoms with Gasteiger partial charge < -0.3 is 10.1 Å². The molecule has 1 aliphatic rings. The fraction of sp³-hybridized carbons (Fsp3) is 0.562. The molecule has 3 nitrogen and oxygen atoms in total. The standard InChI is InChI=1S/C16H23NO2/c1-12-4-5-14(10-13(12)2)6-9-17-11-16(7-8-16)15(18)19-3/h4-5,10,17H,6-9,11H2,1-3H3. The molecule has 0 radical (unpaired) electrons. The zero-order chi connectivity index (χ0) is 13.9. The minimum absolute atomic E-state index is 0.0637. The molecule has 0 bridgehead atoms. The van der Waals surface area contributed by atoms with Gasteiger partial charge in [0.1, 0.15) is 0 Å². The summed E-state index contributed by atoms with van der Waals surface area (Å²) in [6, 6.07) is 6.59. The molecule has 104 valence electrons. The fourth-order valence-corrected chi connectivity index (χ4v) is 2.34. The van der Waals surface area contributed by atoms with Crippen LogP contribution in [0.5, 0.6) is 0 Å². The first-order valence-electron chi connectivity index (χ1n) is 6.93. The number of benzene rings is 1. The van der Waals surface area contributed by atoms with Crippen LogP contribution in [0.4, 0.5) is 0 Å². The number of esters is 1. The molecule has 0 aromatic heterocycles. The van der Waals surface area contributed by atoms with E-state index in [2.05, 4.69) is 37.4 Å². The smallest absolute Gasteiger partial charge is 0.313 e. The minimum atomic E-state index is -0.224. The highest BCUT2D eigenvalue weighted by Crippen LogP contribution is 2.45. The third kappa shape index (κ3) is 3.35. The van der Waals surface area contributed by atoms with Gasteiger partial charge in [0.2, 0.25) is 0 Å². The number of nitrogens with one attached hydrogen (secondary N) is 1. The Hall–Kier alpha value is -1.35. The first kappa shape index (κ1) is 14.1. The molecular formula is C16H23NO2. The first-order valence-corrected chi connectivity index (χ1v) is 6.93. The lowest BCUT2D eigenvalue weighted by Gasteiger charge is -2.13. The Balaban J connectivity index is 1.75. The molecule has 0 aliphatic heterocycles. The molecule has 0 atom stereocenters. The van der Waals surface area contributed by atoms with E-state index in [4.69, 9.17) is 4.74 Å². The summed E-state index contributed by atoms with van der Waals surface area (Å²) in [5.74, 6) is -0.0637. The molecule has 0 saturated heterocycles. The second-order valence-corrected chi connectivity index (χ2v) is 5.62. The molecule has 1 fully saturated rings. The van der Waals surface area contributed by atoms with Gasteiger partial charge in [-0.25, -0.2) is 0 Å². The lowest BCUT2D eigenvalue weighted by molar-refractivity contribution is -0.146. The van der Waals surface area contributed by atoms with E-state index in [9.17, 15) is 4.79 Å². The lowest BCUT2D eigenvalue weighted by Crippen LogP contribution is -2.32. The van der Waals surface area contributed by atoms with E-state index in [1.807, 2.05) is 0 Å². The predicted octanol–water partition coefficient (Wildman–Crippen LogP) is 2.39. The van der Waals surface area contributed by atoms with Crippen molar-refractivity contribution in [1.82, 2.24) is 5.32 Å². The number of rotatable bonds is 6. The highest BCUT2D eigenvalue weighted by atomic mass is 16.5. The van der Waals surface area contributed by atoms with Crippen molar-refractivity contribution >= 4 is 5.97 Å². The summed E-state index contributed by atoms with van der Waals surface area (Å²) in [5.41, 5.74) is 3.79. The van der Waals surface area contributed by atoms with Gasteiger partial charge in [-0.3, -0.25) is 4.79 Å². The Bertz CT molecular complexity index is 464. The third-order valence-corrected chi connectivity index (χ3v) is 4.10. The fourth-order valence-electron chi connectivity index (χ4n) is 2.34. The average Bonchev–Trinajstić information content (AvgIpc) is 3.19. The molecule has 3 heteroatoms. The minimum Gasteiger partial charge on any atom is -0.469 e. The molecule has 1 aromatic carbocycles. The molecule has 2 rings (SSSR count). The van der Waals surface area contributed by atoms with Crippen molar-refractivity contribution in [1.29, 1.82) is 0 Å². The van der Waals surface area contributed by atoms with Gasteiger partial charge in [-0.2, -0.15) is 0 Å². The van der Waals surface area contributed by atoms with Crippen molar-refractivity contribution < 1.29 is 9.53 Å². The van der Waals surface area contributed by atoms with Crippen LogP contribution in [0.15, 0.2) is 18.2 Å². The average molecular weight is 261 g/mol. The number of methoxy groups -OCH3 is 1. The molecule has 0 amide bonds. The van der Waals surface area contributed by atoms with Crippen molar-refractivity contribution in [3.63, 3.8) is 0 Å². The SMILES string of the molecule is COC(=O)C1(CNCCc2ccc(C)c(C)c2)CC1. The lowest BCUT2D eigenvalue weighted by atomic mass is 10.0. The number of hydrogen-bond acceptors (Lipinski definition) is 3. The van der Waals surface area contributed by atoms with Gasteiger partial charge in [0.05, 0.1) is 12.5 Å². The van der Waals surface area contributed by atoms with Gasteiger partial charge >= 0.3 is 5.97 Å². The van der Waals surface area contributed by atoms with Gasteiger partial charge in [0.15, 0.2) is 0 Å². The first-order chi connectivity index (χ1) is 9.07. The van der Waals surface area contributed by atoms with Gasteiger partial charge in [0, 0.05) is 6.54 Å². The second kappa shape index (κ2) is 5.74. The van der Waals surface area contributed by atoms with Crippen LogP contribution < -0.4 is 5.32 Å². The third-order valence-electron chi connectivity index (χ3n) is 4.10. The molecule has 1 N–H and O–H groups in total. The maximum atomic E-state index is 11.6. The van der Waals surface area contributed by atoms with Crippen LogP contribution in [0.1, 0.15) is 29.5 Å². The van der Waals surface area contributed by atoms with Crippen LogP contribution in [-0.4, -0.2) is 26.2 Å². The Morgan fingerprint density at radius 2 is 2.05 bits per heavy atom. The van der Waals surface area contributed by atoms with Gasteiger partial charge in [-0.15, -0.1) is 0 Å². The number of ether oxygens (including phenoxy) is 1. The van der Waals surface area contributed by atoms with Gasteiger partial charge in [-0.1, -0.05) is 18.2 Å². The molecule has 1 aromatic rings. The molecule has 1 aliphatic carbocycles. The summed E-state index contributed by atoms with van der Waals surface area (Å²) in [5, 5.41) is 3.39. The van der Waals surface area contributed by atoms with E-state index in [0.717, 1.165) is 32.4 Å². The molecule has 0 heterocycles. The zero-order valence-electron chi connectivity index (χ0n) is 12.1. The topological polar surface area (TPSA) is 38.3 Å². The molecule has 19 heavy (non-hydrogen) atoms. The Morgan fingerprint density at radius 1 is 1.32 bits per heavy atom. The van der Waals surface area contributed by atoms with E-state index in [-0.39, 0.29) is 11.4 Å². The van der Waals surface area contributed by atoms with E-state index in [1.165, 1.54) is 23.8 Å². The molecule has 0 unspecified atom stereocenters. The van der Waals surface area contributed by atoms with Gasteiger partial charge in [-0.05, 0) is 56.3 Å². The van der Waals surface area contributed by atoms with Crippen LogP contribution in [0.2, 0.25) is 0 Å². The van der Waals surface area contributed by atoms with E-state index < -0.39 is 0 Å². The highest BCUT2D eigenvalue weighted by molar-refractivity contribution is 5.80. The number of aryl methyl sites for hydroxylation is 2. The monoisotopic (exact) mass is 261 g/mol. The summed E-state index contributed by atoms with van der Waals surface area (Å²) >= 11 is 0. The van der Waals surface area contributed by atoms with E-state index >= 15 is 0 Å². The normalized spacial score (nSPS) is 16.2. The maximum absolute atomic E-state index is 11.6. The van der Waals surface area contributed by atoms with Gasteiger partial charge in [0.25, 0.3) is 0 Å². The number of carbonyl (C=O) groups is 1. The van der Waals surface area contributed by atoms with E-state index in [1.54, 1.807) is 0 Å². The molecule has 0 spiro atoms. The Kier molecular flexibility index (Phi) is 4.25. The van der Waals surface area contributed by atoms with Crippen LogP contribution in [0.3, 0.4) is 0 Å². The zero-order valence-corrected chi connectivity index (χ0v) is 12.1. The van der Waals surface area contributed by atoms with Crippen molar-refractivity contribution in [2.45, 2.75) is 33.1 Å². The van der Waals surface area contributed by atoms with Crippen molar-refractivity contribution in [2.75, 3.05) is 20.2 Å². The van der Waals surface area contributed by atoms with Crippen LogP contribution in [0, 0.1) is 19.3 Å². The Morgan fingerprint density at radius 3 is 2.63 bits per heavy atom. The summed E-state index contributed by atoms with van der Waals surface area (Å²) in [6.45, 7) is 5.92. The molecular weight excluding hydrogens is 238 g/mol. The predicted molar refractivity (Wildman–Crippen MR) is 76.2 cm³/mol. The van der Waals surface area contributed by atoms with Crippen LogP contribution >= 0.6 is 0 Å². The maximum Gasteiger partial charge on any atom is 0.313 e. The van der Waals surface area contributed by atoms with Crippen LogP contribution in [0.25, 0.3) is 0 Å². The summed E-state index contributed by atoms with van der Waals surface area (Å²) in [6.07, 6.45) is 2.91.